The summed E-state index contributed by atoms with van der Waals surface area (Å²) >= 11 is 0. The van der Waals surface area contributed by atoms with Crippen molar-refractivity contribution in [3.05, 3.63) is 71.8 Å². The molecule has 37 heavy (non-hydrogen) atoms. The maximum Gasteiger partial charge on any atom is 0.408 e. The molecule has 1 fully saturated rings. The van der Waals surface area contributed by atoms with Crippen LogP contribution in [0.5, 0.6) is 0 Å². The Hall–Kier alpha value is -3.88. The molecule has 9 heteroatoms. The maximum atomic E-state index is 12.8. The smallest absolute Gasteiger partial charge is 0.408 e. The number of hydrogen-bond donors (Lipinski definition) is 2. The van der Waals surface area contributed by atoms with Gasteiger partial charge >= 0.3 is 18.0 Å². The fraction of sp³-hybridized carbons (Fsp3) is 0.429. The highest BCUT2D eigenvalue weighted by molar-refractivity contribution is 5.94. The van der Waals surface area contributed by atoms with Crippen molar-refractivity contribution in [3.63, 3.8) is 0 Å². The van der Waals surface area contributed by atoms with Crippen molar-refractivity contribution in [2.24, 2.45) is 11.8 Å². The Bertz CT molecular complexity index is 1050. The van der Waals surface area contributed by atoms with Crippen LogP contribution in [-0.2, 0) is 41.8 Å². The van der Waals surface area contributed by atoms with Gasteiger partial charge in [0.2, 0.25) is 0 Å². The predicted molar refractivity (Wildman–Crippen MR) is 135 cm³/mol. The molecule has 2 N–H and O–H groups in total. The van der Waals surface area contributed by atoms with Gasteiger partial charge in [-0.15, -0.1) is 0 Å². The van der Waals surface area contributed by atoms with E-state index in [4.69, 9.17) is 14.2 Å². The standard InChI is InChI=1S/C28H34N2O7/c1-3-19(2)23-24(37-27(23)33)25(31)29-16-10-15-22(26(32)35-17-20-11-6-4-7-12-20)30-28(34)36-18-21-13-8-5-9-14-21/h4-9,11-14,19,22-24H,3,10,15-18H2,1-2H3,(H,29,31)(H,30,34)/t19-,22-,23-,24+/m0/s1. The summed E-state index contributed by atoms with van der Waals surface area (Å²) in [4.78, 5) is 49.4. The van der Waals surface area contributed by atoms with Crippen molar-refractivity contribution in [3.8, 4) is 0 Å². The molecule has 0 bridgehead atoms. The summed E-state index contributed by atoms with van der Waals surface area (Å²) in [5.41, 5.74) is 1.63. The van der Waals surface area contributed by atoms with Crippen LogP contribution in [0.2, 0.25) is 0 Å². The van der Waals surface area contributed by atoms with E-state index in [1.165, 1.54) is 0 Å². The average molecular weight is 511 g/mol. The predicted octanol–water partition coefficient (Wildman–Crippen LogP) is 3.51. The number of esters is 2. The highest BCUT2D eigenvalue weighted by Crippen LogP contribution is 2.31. The van der Waals surface area contributed by atoms with Gasteiger partial charge in [-0.05, 0) is 29.9 Å². The van der Waals surface area contributed by atoms with E-state index < -0.39 is 30.1 Å². The van der Waals surface area contributed by atoms with Gasteiger partial charge in [0.1, 0.15) is 25.2 Å². The van der Waals surface area contributed by atoms with Crippen molar-refractivity contribution in [1.29, 1.82) is 0 Å². The molecule has 1 aliphatic heterocycles. The van der Waals surface area contributed by atoms with Gasteiger partial charge in [0.05, 0.1) is 0 Å². The Morgan fingerprint density at radius 3 is 2.11 bits per heavy atom. The second-order valence-electron chi connectivity index (χ2n) is 9.05. The topological polar surface area (TPSA) is 120 Å². The molecule has 1 saturated heterocycles. The molecule has 4 atom stereocenters. The lowest BCUT2D eigenvalue weighted by molar-refractivity contribution is -0.193. The number of ether oxygens (including phenoxy) is 3. The van der Waals surface area contributed by atoms with E-state index >= 15 is 0 Å². The van der Waals surface area contributed by atoms with Crippen molar-refractivity contribution >= 4 is 23.9 Å². The molecule has 3 rings (SSSR count). The van der Waals surface area contributed by atoms with Crippen molar-refractivity contribution in [2.75, 3.05) is 6.54 Å². The molecule has 1 aliphatic rings. The Balaban J connectivity index is 1.50. The van der Waals surface area contributed by atoms with Crippen LogP contribution in [-0.4, -0.2) is 42.6 Å². The minimum atomic E-state index is -0.960. The van der Waals surface area contributed by atoms with Crippen LogP contribution >= 0.6 is 0 Å². The van der Waals surface area contributed by atoms with Crippen LogP contribution in [0.4, 0.5) is 4.79 Å². The van der Waals surface area contributed by atoms with E-state index in [1.54, 1.807) is 0 Å². The molecule has 0 saturated carbocycles. The molecule has 0 unspecified atom stereocenters. The summed E-state index contributed by atoms with van der Waals surface area (Å²) < 4.78 is 15.7. The van der Waals surface area contributed by atoms with E-state index in [0.717, 1.165) is 17.5 Å². The summed E-state index contributed by atoms with van der Waals surface area (Å²) in [6.45, 7) is 4.24. The average Bonchev–Trinajstić information content (AvgIpc) is 2.91. The number of cyclic esters (lactones) is 1. The first-order chi connectivity index (χ1) is 17.9. The molecular weight excluding hydrogens is 476 g/mol. The first-order valence-electron chi connectivity index (χ1n) is 12.5. The summed E-state index contributed by atoms with van der Waals surface area (Å²) in [6, 6.07) is 17.4. The lowest BCUT2D eigenvalue weighted by Crippen LogP contribution is -2.56. The number of benzene rings is 2. The molecule has 0 radical (unpaired) electrons. The highest BCUT2D eigenvalue weighted by atomic mass is 16.6. The number of carbonyl (C=O) groups excluding carboxylic acids is 4. The monoisotopic (exact) mass is 510 g/mol. The zero-order chi connectivity index (χ0) is 26.6. The fourth-order valence-electron chi connectivity index (χ4n) is 3.93. The number of rotatable bonds is 13. The molecule has 0 aromatic heterocycles. The van der Waals surface area contributed by atoms with E-state index in [0.29, 0.717) is 6.42 Å². The molecule has 2 amide bonds. The zero-order valence-electron chi connectivity index (χ0n) is 21.2. The number of alkyl carbamates (subject to hydrolysis) is 1. The number of nitrogens with one attached hydrogen (secondary N) is 2. The third kappa shape index (κ3) is 8.34. The molecule has 0 spiro atoms. The lowest BCUT2D eigenvalue weighted by Gasteiger charge is -2.37. The molecular formula is C28H34N2O7. The van der Waals surface area contributed by atoms with Crippen LogP contribution < -0.4 is 10.6 Å². The molecule has 2 aromatic carbocycles. The molecule has 1 heterocycles. The number of hydrogen-bond acceptors (Lipinski definition) is 7. The van der Waals surface area contributed by atoms with Crippen LogP contribution in [0, 0.1) is 11.8 Å². The fourth-order valence-corrected chi connectivity index (χ4v) is 3.93. The molecule has 2 aromatic rings. The zero-order valence-corrected chi connectivity index (χ0v) is 21.2. The second-order valence-corrected chi connectivity index (χ2v) is 9.05. The largest absolute Gasteiger partial charge is 0.459 e. The molecule has 9 nitrogen and oxygen atoms in total. The quantitative estimate of drug-likeness (QED) is 0.240. The minimum absolute atomic E-state index is 0.0480. The van der Waals surface area contributed by atoms with Crippen molar-refractivity contribution in [1.82, 2.24) is 10.6 Å². The Morgan fingerprint density at radius 1 is 0.946 bits per heavy atom. The minimum Gasteiger partial charge on any atom is -0.459 e. The summed E-state index contributed by atoms with van der Waals surface area (Å²) in [5, 5.41) is 5.33. The Labute approximate surface area is 216 Å². The van der Waals surface area contributed by atoms with Crippen LogP contribution in [0.3, 0.4) is 0 Å². The van der Waals surface area contributed by atoms with E-state index in [-0.39, 0.29) is 44.0 Å². The highest BCUT2D eigenvalue weighted by Gasteiger charge is 2.49. The maximum absolute atomic E-state index is 12.8. The molecule has 198 valence electrons. The third-order valence-electron chi connectivity index (χ3n) is 6.34. The van der Waals surface area contributed by atoms with Gasteiger partial charge in [-0.25, -0.2) is 9.59 Å². The van der Waals surface area contributed by atoms with E-state index in [1.807, 2.05) is 74.5 Å². The van der Waals surface area contributed by atoms with Gasteiger partial charge in [0.15, 0.2) is 6.10 Å². The van der Waals surface area contributed by atoms with Crippen LogP contribution in [0.25, 0.3) is 0 Å². The van der Waals surface area contributed by atoms with E-state index in [2.05, 4.69) is 10.6 Å². The van der Waals surface area contributed by atoms with Gasteiger partial charge in [-0.2, -0.15) is 0 Å². The van der Waals surface area contributed by atoms with Gasteiger partial charge in [-0.1, -0.05) is 80.9 Å². The molecule has 0 aliphatic carbocycles. The summed E-state index contributed by atoms with van der Waals surface area (Å²) in [7, 11) is 0. The van der Waals surface area contributed by atoms with Crippen molar-refractivity contribution < 1.29 is 33.4 Å². The summed E-state index contributed by atoms with van der Waals surface area (Å²) in [5.74, 6) is -1.70. The third-order valence-corrected chi connectivity index (χ3v) is 6.34. The Kier molecular flexibility index (Phi) is 10.5. The Morgan fingerprint density at radius 2 is 1.54 bits per heavy atom. The number of carbonyl (C=O) groups is 4. The first kappa shape index (κ1) is 27.7. The van der Waals surface area contributed by atoms with Crippen LogP contribution in [0.15, 0.2) is 60.7 Å². The normalized spacial score (nSPS) is 17.9. The number of amides is 2. The van der Waals surface area contributed by atoms with Gasteiger partial charge in [-0.3, -0.25) is 9.59 Å². The van der Waals surface area contributed by atoms with E-state index in [9.17, 15) is 19.2 Å². The lowest BCUT2D eigenvalue weighted by atomic mass is 9.83. The van der Waals surface area contributed by atoms with Gasteiger partial charge < -0.3 is 24.8 Å². The first-order valence-corrected chi connectivity index (χ1v) is 12.5. The van der Waals surface area contributed by atoms with Gasteiger partial charge in [0.25, 0.3) is 5.91 Å². The van der Waals surface area contributed by atoms with Crippen LogP contribution in [0.1, 0.15) is 44.2 Å². The van der Waals surface area contributed by atoms with Crippen molar-refractivity contribution in [2.45, 2.75) is 58.5 Å². The SMILES string of the molecule is CC[C@H](C)[C@@H]1C(=O)O[C@H]1C(=O)NCCC[C@H](NC(=O)OCc1ccccc1)C(=O)OCc1ccccc1. The van der Waals surface area contributed by atoms with Gasteiger partial charge in [0, 0.05) is 6.54 Å². The second kappa shape index (κ2) is 14.0. The summed E-state index contributed by atoms with van der Waals surface area (Å²) in [6.07, 6.45) is -0.173.